The summed E-state index contributed by atoms with van der Waals surface area (Å²) in [6, 6.07) is 16.1. The molecule has 0 fully saturated rings. The number of hydrogen-bond donors (Lipinski definition) is 2. The van der Waals surface area contributed by atoms with Crippen molar-refractivity contribution >= 4 is 28.9 Å². The molecule has 178 valence electrons. The molecule has 0 spiro atoms. The number of rotatable bonds is 5. The monoisotopic (exact) mass is 510 g/mol. The second-order valence-corrected chi connectivity index (χ2v) is 8.95. The number of fused-ring (bicyclic) bond motifs is 1. The second-order valence-electron chi connectivity index (χ2n) is 8.14. The van der Waals surface area contributed by atoms with Gasteiger partial charge >= 0.3 is 5.69 Å². The fourth-order valence-corrected chi connectivity index (χ4v) is 4.71. The maximum Gasteiger partial charge on any atom is 0.349 e. The molecule has 5 rings (SSSR count). The average molecular weight is 511 g/mol. The van der Waals surface area contributed by atoms with Crippen LogP contribution in [0.2, 0.25) is 10.0 Å². The van der Waals surface area contributed by atoms with Crippen LogP contribution in [0.25, 0.3) is 5.69 Å². The van der Waals surface area contributed by atoms with Crippen LogP contribution in [0.1, 0.15) is 17.5 Å². The highest BCUT2D eigenvalue weighted by Crippen LogP contribution is 2.39. The van der Waals surface area contributed by atoms with E-state index in [1.807, 2.05) is 12.1 Å². The van der Waals surface area contributed by atoms with Crippen LogP contribution in [-0.4, -0.2) is 26.4 Å². The van der Waals surface area contributed by atoms with Gasteiger partial charge < -0.3 is 14.7 Å². The van der Waals surface area contributed by atoms with E-state index in [0.29, 0.717) is 17.9 Å². The van der Waals surface area contributed by atoms with Crippen LogP contribution in [0.15, 0.2) is 70.4 Å². The Kier molecular flexibility index (Phi) is 6.23. The van der Waals surface area contributed by atoms with E-state index in [1.165, 1.54) is 17.7 Å². The van der Waals surface area contributed by atoms with Crippen LogP contribution >= 0.6 is 23.2 Å². The Morgan fingerprint density at radius 1 is 1.06 bits per heavy atom. The number of phenolic OH excluding ortho intramolecular Hbond substituents is 1. The molecule has 0 bridgehead atoms. The second kappa shape index (κ2) is 9.48. The van der Waals surface area contributed by atoms with E-state index >= 15 is 0 Å². The van der Waals surface area contributed by atoms with Crippen molar-refractivity contribution in [2.75, 3.05) is 11.4 Å². The molecule has 1 aromatic heterocycles. The number of para-hydroxylation sites is 1. The SMILES string of the molecule is O=c1cnn(-c2cc(Cl)c(Oc3ccc(O)c(CN4CCCc5ccccc54)c3)c(Cl)c2)c(=O)[nH]1. The van der Waals surface area contributed by atoms with Gasteiger partial charge in [0.15, 0.2) is 5.75 Å². The number of ether oxygens (including phenoxy) is 1. The molecule has 8 nitrogen and oxygen atoms in total. The number of benzene rings is 3. The molecular weight excluding hydrogens is 491 g/mol. The summed E-state index contributed by atoms with van der Waals surface area (Å²) < 4.78 is 6.95. The van der Waals surface area contributed by atoms with Gasteiger partial charge in [-0.2, -0.15) is 9.78 Å². The lowest BCUT2D eigenvalue weighted by molar-refractivity contribution is 0.456. The number of aromatic nitrogens is 3. The summed E-state index contributed by atoms with van der Waals surface area (Å²) >= 11 is 12.8. The van der Waals surface area contributed by atoms with Crippen molar-refractivity contribution in [3.8, 4) is 22.9 Å². The van der Waals surface area contributed by atoms with Crippen LogP contribution < -0.4 is 20.9 Å². The largest absolute Gasteiger partial charge is 0.508 e. The van der Waals surface area contributed by atoms with Gasteiger partial charge in [-0.3, -0.25) is 9.78 Å². The Morgan fingerprint density at radius 3 is 2.60 bits per heavy atom. The lowest BCUT2D eigenvalue weighted by atomic mass is 10.0. The van der Waals surface area contributed by atoms with Gasteiger partial charge in [-0.1, -0.05) is 41.4 Å². The standard InChI is InChI=1S/C25H20Cl2N4O4/c26-19-11-17(31-25(34)29-23(33)13-28-31)12-20(27)24(19)35-18-7-8-22(32)16(10-18)14-30-9-3-5-15-4-1-2-6-21(15)30/h1-2,4,6-8,10-13,32H,3,5,9,14H2,(H,29,33,34). The fraction of sp³-hybridized carbons (Fsp3) is 0.160. The minimum absolute atomic E-state index is 0.145. The summed E-state index contributed by atoms with van der Waals surface area (Å²) in [7, 11) is 0. The summed E-state index contributed by atoms with van der Waals surface area (Å²) in [5.41, 5.74) is 2.09. The van der Waals surface area contributed by atoms with E-state index in [1.54, 1.807) is 18.2 Å². The number of aromatic hydroxyl groups is 1. The van der Waals surface area contributed by atoms with E-state index < -0.39 is 11.2 Å². The molecule has 0 amide bonds. The third kappa shape index (κ3) is 4.76. The maximum atomic E-state index is 12.0. The number of nitrogens with one attached hydrogen (secondary N) is 1. The molecule has 0 radical (unpaired) electrons. The zero-order valence-corrected chi connectivity index (χ0v) is 19.9. The predicted octanol–water partition coefficient (Wildman–Crippen LogP) is 4.68. The first-order valence-corrected chi connectivity index (χ1v) is 11.7. The molecule has 0 unspecified atom stereocenters. The highest BCUT2D eigenvalue weighted by atomic mass is 35.5. The van der Waals surface area contributed by atoms with Crippen LogP contribution in [0.4, 0.5) is 5.69 Å². The van der Waals surface area contributed by atoms with Gasteiger partial charge in [-0.15, -0.1) is 0 Å². The van der Waals surface area contributed by atoms with Crippen molar-refractivity contribution in [2.24, 2.45) is 0 Å². The number of aromatic amines is 1. The molecule has 0 atom stereocenters. The summed E-state index contributed by atoms with van der Waals surface area (Å²) in [6.07, 6.45) is 3.06. The number of aryl methyl sites for hydroxylation is 1. The third-order valence-corrected chi connectivity index (χ3v) is 6.34. The van der Waals surface area contributed by atoms with Crippen molar-refractivity contribution in [3.63, 3.8) is 0 Å². The van der Waals surface area contributed by atoms with Crippen molar-refractivity contribution in [3.05, 3.63) is 103 Å². The smallest absolute Gasteiger partial charge is 0.349 e. The predicted molar refractivity (Wildman–Crippen MR) is 134 cm³/mol. The number of halogens is 2. The molecule has 10 heteroatoms. The number of H-pyrrole nitrogens is 1. The van der Waals surface area contributed by atoms with Gasteiger partial charge in [0.1, 0.15) is 17.7 Å². The fourth-order valence-electron chi connectivity index (χ4n) is 4.15. The Labute approximate surface area is 209 Å². The molecule has 1 aliphatic rings. The summed E-state index contributed by atoms with van der Waals surface area (Å²) in [4.78, 5) is 27.7. The topological polar surface area (TPSA) is 100 Å². The Hall–Kier alpha value is -3.75. The van der Waals surface area contributed by atoms with Crippen molar-refractivity contribution < 1.29 is 9.84 Å². The van der Waals surface area contributed by atoms with E-state index in [9.17, 15) is 14.7 Å². The lowest BCUT2D eigenvalue weighted by Gasteiger charge is -2.31. The van der Waals surface area contributed by atoms with Crippen LogP contribution in [-0.2, 0) is 13.0 Å². The van der Waals surface area contributed by atoms with Gasteiger partial charge in [0.05, 0.1) is 15.7 Å². The van der Waals surface area contributed by atoms with Crippen LogP contribution in [0.5, 0.6) is 17.2 Å². The van der Waals surface area contributed by atoms with Gasteiger partial charge in [-0.25, -0.2) is 4.79 Å². The molecule has 2 N–H and O–H groups in total. The Balaban J connectivity index is 1.42. The zero-order chi connectivity index (χ0) is 24.5. The highest BCUT2D eigenvalue weighted by molar-refractivity contribution is 6.37. The molecular formula is C25H20Cl2N4O4. The normalized spacial score (nSPS) is 12.9. The first kappa shape index (κ1) is 23.0. The summed E-state index contributed by atoms with van der Waals surface area (Å²) in [5, 5.41) is 14.6. The van der Waals surface area contributed by atoms with E-state index in [4.69, 9.17) is 27.9 Å². The molecule has 3 aromatic carbocycles. The molecule has 0 saturated heterocycles. The molecule has 35 heavy (non-hydrogen) atoms. The van der Waals surface area contributed by atoms with Crippen LogP contribution in [0.3, 0.4) is 0 Å². The van der Waals surface area contributed by atoms with Gasteiger partial charge in [0, 0.05) is 24.3 Å². The van der Waals surface area contributed by atoms with E-state index in [-0.39, 0.29) is 27.2 Å². The molecule has 1 aliphatic heterocycles. The van der Waals surface area contributed by atoms with Gasteiger partial charge in [0.2, 0.25) is 0 Å². The van der Waals surface area contributed by atoms with E-state index in [2.05, 4.69) is 27.1 Å². The number of nitrogens with zero attached hydrogens (tertiary/aromatic N) is 3. The molecule has 4 aromatic rings. The zero-order valence-electron chi connectivity index (χ0n) is 18.4. The molecule has 2 heterocycles. The first-order chi connectivity index (χ1) is 16.9. The third-order valence-electron chi connectivity index (χ3n) is 5.78. The van der Waals surface area contributed by atoms with Gasteiger partial charge in [0.25, 0.3) is 5.56 Å². The maximum absolute atomic E-state index is 12.0. The molecule has 0 saturated carbocycles. The number of phenols is 1. The quantitative estimate of drug-likeness (QED) is 0.404. The molecule has 0 aliphatic carbocycles. The number of anilines is 1. The highest BCUT2D eigenvalue weighted by Gasteiger charge is 2.19. The minimum atomic E-state index is -0.722. The number of hydrogen-bond acceptors (Lipinski definition) is 6. The Morgan fingerprint density at radius 2 is 1.83 bits per heavy atom. The minimum Gasteiger partial charge on any atom is -0.508 e. The van der Waals surface area contributed by atoms with Crippen molar-refractivity contribution in [1.29, 1.82) is 0 Å². The summed E-state index contributed by atoms with van der Waals surface area (Å²) in [5.74, 6) is 0.796. The lowest BCUT2D eigenvalue weighted by Crippen LogP contribution is -2.30. The summed E-state index contributed by atoms with van der Waals surface area (Å²) in [6.45, 7) is 1.40. The van der Waals surface area contributed by atoms with Crippen molar-refractivity contribution in [1.82, 2.24) is 14.8 Å². The van der Waals surface area contributed by atoms with Crippen LogP contribution in [0, 0.1) is 0 Å². The van der Waals surface area contributed by atoms with Gasteiger partial charge in [-0.05, 0) is 54.8 Å². The van der Waals surface area contributed by atoms with Crippen molar-refractivity contribution in [2.45, 2.75) is 19.4 Å². The van der Waals surface area contributed by atoms with E-state index in [0.717, 1.165) is 36.0 Å². The Bertz CT molecular complexity index is 1510. The first-order valence-electron chi connectivity index (χ1n) is 10.9. The average Bonchev–Trinajstić information content (AvgIpc) is 2.83.